The third-order valence-corrected chi connectivity index (χ3v) is 4.61. The molecule has 0 aliphatic rings. The number of hydrogen-bond acceptors (Lipinski definition) is 6. The topological polar surface area (TPSA) is 74.1 Å². The molecule has 0 bridgehead atoms. The first-order chi connectivity index (χ1) is 14.2. The number of methoxy groups -OCH3 is 1. The summed E-state index contributed by atoms with van der Waals surface area (Å²) in [5, 5.41) is 15.4. The highest BCUT2D eigenvalue weighted by Crippen LogP contribution is 2.32. The Labute approximate surface area is 178 Å². The van der Waals surface area contributed by atoms with Gasteiger partial charge in [0.15, 0.2) is 11.5 Å². The SMILES string of the molecule is COc1cc(CNC(C)(C)CC(C)(C)C)ccc1Oc1nnnn1-c1ccccc1. The van der Waals surface area contributed by atoms with Gasteiger partial charge in [-0.3, -0.25) is 0 Å². The Bertz CT molecular complexity index is 961. The van der Waals surface area contributed by atoms with Crippen molar-refractivity contribution < 1.29 is 9.47 Å². The molecule has 0 atom stereocenters. The van der Waals surface area contributed by atoms with E-state index >= 15 is 0 Å². The van der Waals surface area contributed by atoms with Crippen molar-refractivity contribution in [2.45, 2.75) is 53.1 Å². The molecule has 0 saturated heterocycles. The van der Waals surface area contributed by atoms with Crippen LogP contribution in [0, 0.1) is 5.41 Å². The summed E-state index contributed by atoms with van der Waals surface area (Å²) in [7, 11) is 1.63. The summed E-state index contributed by atoms with van der Waals surface area (Å²) in [5.74, 6) is 1.19. The van der Waals surface area contributed by atoms with Crippen molar-refractivity contribution in [1.82, 2.24) is 25.5 Å². The fraction of sp³-hybridized carbons (Fsp3) is 0.435. The van der Waals surface area contributed by atoms with Gasteiger partial charge in [0.2, 0.25) is 0 Å². The van der Waals surface area contributed by atoms with E-state index in [1.54, 1.807) is 11.8 Å². The van der Waals surface area contributed by atoms with Gasteiger partial charge in [-0.2, -0.15) is 4.68 Å². The fourth-order valence-corrected chi connectivity index (χ4v) is 3.71. The number of benzene rings is 2. The molecule has 30 heavy (non-hydrogen) atoms. The first-order valence-corrected chi connectivity index (χ1v) is 10.1. The predicted octanol–water partition coefficient (Wildman–Crippen LogP) is 4.77. The summed E-state index contributed by atoms with van der Waals surface area (Å²) in [6.07, 6.45) is 1.07. The van der Waals surface area contributed by atoms with E-state index in [2.05, 4.69) is 55.5 Å². The molecule has 0 spiro atoms. The van der Waals surface area contributed by atoms with Crippen molar-refractivity contribution in [2.24, 2.45) is 5.41 Å². The molecule has 3 rings (SSSR count). The van der Waals surface area contributed by atoms with Gasteiger partial charge in [-0.25, -0.2) is 0 Å². The zero-order valence-electron chi connectivity index (χ0n) is 18.6. The third kappa shape index (κ3) is 5.79. The average molecular weight is 410 g/mol. The number of nitrogens with one attached hydrogen (secondary N) is 1. The largest absolute Gasteiger partial charge is 0.493 e. The molecule has 0 amide bonds. The standard InChI is InChI=1S/C23H31N5O2/c1-22(2,3)16-23(4,5)24-15-17-12-13-19(20(14-17)29-6)30-21-25-26-27-28(21)18-10-8-7-9-11-18/h7-14,24H,15-16H2,1-6H3. The Morgan fingerprint density at radius 3 is 2.37 bits per heavy atom. The van der Waals surface area contributed by atoms with Crippen molar-refractivity contribution in [3.8, 4) is 23.2 Å². The maximum absolute atomic E-state index is 5.97. The van der Waals surface area contributed by atoms with E-state index in [0.717, 1.165) is 24.2 Å². The highest BCUT2D eigenvalue weighted by Gasteiger charge is 2.25. The Balaban J connectivity index is 1.74. The lowest BCUT2D eigenvalue weighted by atomic mass is 9.82. The Kier molecular flexibility index (Phi) is 6.41. The van der Waals surface area contributed by atoms with Crippen LogP contribution in [0.4, 0.5) is 0 Å². The quantitative estimate of drug-likeness (QED) is 0.578. The molecule has 2 aromatic carbocycles. The molecule has 0 unspecified atom stereocenters. The minimum absolute atomic E-state index is 0.0262. The fourth-order valence-electron chi connectivity index (χ4n) is 3.71. The van der Waals surface area contributed by atoms with Gasteiger partial charge in [-0.15, -0.1) is 0 Å². The van der Waals surface area contributed by atoms with Gasteiger partial charge in [0, 0.05) is 12.1 Å². The second-order valence-electron chi connectivity index (χ2n) is 9.27. The highest BCUT2D eigenvalue weighted by molar-refractivity contribution is 5.44. The van der Waals surface area contributed by atoms with Gasteiger partial charge >= 0.3 is 6.01 Å². The molecule has 7 nitrogen and oxygen atoms in total. The van der Waals surface area contributed by atoms with Gasteiger partial charge < -0.3 is 14.8 Å². The summed E-state index contributed by atoms with van der Waals surface area (Å²) < 4.78 is 13.1. The van der Waals surface area contributed by atoms with Crippen molar-refractivity contribution in [3.63, 3.8) is 0 Å². The first-order valence-electron chi connectivity index (χ1n) is 10.1. The highest BCUT2D eigenvalue weighted by atomic mass is 16.5. The van der Waals surface area contributed by atoms with E-state index < -0.39 is 0 Å². The Morgan fingerprint density at radius 1 is 0.967 bits per heavy atom. The number of ether oxygens (including phenoxy) is 2. The van der Waals surface area contributed by atoms with Crippen LogP contribution in [0.2, 0.25) is 0 Å². The van der Waals surface area contributed by atoms with Crippen LogP contribution >= 0.6 is 0 Å². The van der Waals surface area contributed by atoms with Gasteiger partial charge in [0.1, 0.15) is 0 Å². The van der Waals surface area contributed by atoms with Crippen molar-refractivity contribution in [3.05, 3.63) is 54.1 Å². The number of hydrogen-bond donors (Lipinski definition) is 1. The van der Waals surface area contributed by atoms with Crippen LogP contribution in [-0.4, -0.2) is 32.9 Å². The van der Waals surface area contributed by atoms with Crippen LogP contribution in [0.1, 0.15) is 46.6 Å². The summed E-state index contributed by atoms with van der Waals surface area (Å²) in [6, 6.07) is 15.8. The molecule has 1 N–H and O–H groups in total. The summed E-state index contributed by atoms with van der Waals surface area (Å²) in [4.78, 5) is 0. The zero-order valence-corrected chi connectivity index (χ0v) is 18.6. The summed E-state index contributed by atoms with van der Waals surface area (Å²) in [6.45, 7) is 12.0. The predicted molar refractivity (Wildman–Crippen MR) is 117 cm³/mol. The first kappa shape index (κ1) is 21.8. The molecule has 0 radical (unpaired) electrons. The van der Waals surface area contributed by atoms with Crippen LogP contribution in [0.15, 0.2) is 48.5 Å². The van der Waals surface area contributed by atoms with Crippen LogP contribution in [0.3, 0.4) is 0 Å². The second kappa shape index (κ2) is 8.83. The minimum atomic E-state index is 0.0262. The van der Waals surface area contributed by atoms with Crippen LogP contribution < -0.4 is 14.8 Å². The Morgan fingerprint density at radius 2 is 1.70 bits per heavy atom. The average Bonchev–Trinajstić information content (AvgIpc) is 3.14. The smallest absolute Gasteiger partial charge is 0.346 e. The van der Waals surface area contributed by atoms with Crippen LogP contribution in [0.25, 0.3) is 5.69 Å². The summed E-state index contributed by atoms with van der Waals surface area (Å²) >= 11 is 0. The van der Waals surface area contributed by atoms with E-state index in [-0.39, 0.29) is 17.0 Å². The van der Waals surface area contributed by atoms with Crippen molar-refractivity contribution >= 4 is 0 Å². The van der Waals surface area contributed by atoms with Crippen molar-refractivity contribution in [1.29, 1.82) is 0 Å². The monoisotopic (exact) mass is 409 g/mol. The lowest BCUT2D eigenvalue weighted by Gasteiger charge is -2.33. The maximum Gasteiger partial charge on any atom is 0.346 e. The molecule has 0 aliphatic carbocycles. The lowest BCUT2D eigenvalue weighted by Crippen LogP contribution is -2.41. The van der Waals surface area contributed by atoms with Gasteiger partial charge in [-0.05, 0) is 65.9 Å². The van der Waals surface area contributed by atoms with E-state index in [0.29, 0.717) is 11.5 Å². The van der Waals surface area contributed by atoms with E-state index in [1.807, 2.05) is 48.5 Å². The number of aromatic nitrogens is 4. The maximum atomic E-state index is 5.97. The normalized spacial score (nSPS) is 12.1. The molecule has 160 valence electrons. The van der Waals surface area contributed by atoms with Crippen LogP contribution in [-0.2, 0) is 6.54 Å². The third-order valence-electron chi connectivity index (χ3n) is 4.61. The number of nitrogens with zero attached hydrogens (tertiary/aromatic N) is 4. The number of para-hydroxylation sites is 1. The molecular weight excluding hydrogens is 378 g/mol. The van der Waals surface area contributed by atoms with Crippen LogP contribution in [0.5, 0.6) is 17.5 Å². The minimum Gasteiger partial charge on any atom is -0.493 e. The van der Waals surface area contributed by atoms with Gasteiger partial charge in [0.05, 0.1) is 12.8 Å². The number of rotatable bonds is 8. The molecule has 1 heterocycles. The summed E-state index contributed by atoms with van der Waals surface area (Å²) in [5.41, 5.74) is 2.22. The zero-order chi connectivity index (χ0) is 21.8. The second-order valence-corrected chi connectivity index (χ2v) is 9.27. The van der Waals surface area contributed by atoms with E-state index in [9.17, 15) is 0 Å². The molecule has 0 fully saturated rings. The van der Waals surface area contributed by atoms with E-state index in [1.165, 1.54) is 0 Å². The Hall–Kier alpha value is -2.93. The van der Waals surface area contributed by atoms with Gasteiger partial charge in [0.25, 0.3) is 0 Å². The molecule has 0 aliphatic heterocycles. The molecular formula is C23H31N5O2. The molecule has 0 saturated carbocycles. The molecule has 7 heteroatoms. The lowest BCUT2D eigenvalue weighted by molar-refractivity contribution is 0.240. The number of tetrazole rings is 1. The van der Waals surface area contributed by atoms with Crippen molar-refractivity contribution in [2.75, 3.05) is 7.11 Å². The molecule has 3 aromatic rings. The van der Waals surface area contributed by atoms with E-state index in [4.69, 9.17) is 9.47 Å². The molecule has 1 aromatic heterocycles. The van der Waals surface area contributed by atoms with Gasteiger partial charge in [-0.1, -0.05) is 50.1 Å².